The van der Waals surface area contributed by atoms with Crippen molar-refractivity contribution in [2.75, 3.05) is 0 Å². The third-order valence-electron chi connectivity index (χ3n) is 4.62. The number of benzene rings is 3. The molecule has 0 aromatic heterocycles. The van der Waals surface area contributed by atoms with E-state index in [4.69, 9.17) is 0 Å². The largest absolute Gasteiger partial charge is 0.0943 e. The van der Waals surface area contributed by atoms with E-state index in [9.17, 15) is 0 Å². The van der Waals surface area contributed by atoms with Crippen LogP contribution in [-0.4, -0.2) is 0 Å². The standard InChI is InChI=1S/C19H16/c1-12-17-15-9-5-4-7-13(15)11-14-8-6-10-16(18(14)17)19(12,2)3/h4-11H,1H2,2-3H3. The van der Waals surface area contributed by atoms with Crippen molar-refractivity contribution in [2.24, 2.45) is 0 Å². The van der Waals surface area contributed by atoms with Gasteiger partial charge in [-0.2, -0.15) is 0 Å². The van der Waals surface area contributed by atoms with Gasteiger partial charge in [0.05, 0.1) is 0 Å². The van der Waals surface area contributed by atoms with E-state index in [2.05, 4.69) is 69.0 Å². The first kappa shape index (κ1) is 10.8. The molecule has 0 atom stereocenters. The average molecular weight is 244 g/mol. The summed E-state index contributed by atoms with van der Waals surface area (Å²) in [4.78, 5) is 0. The molecule has 0 heteroatoms. The first-order valence-corrected chi connectivity index (χ1v) is 6.75. The fraction of sp³-hybridized carbons (Fsp3) is 0.158. The summed E-state index contributed by atoms with van der Waals surface area (Å²) in [5.41, 5.74) is 4.05. The minimum absolute atomic E-state index is 0.0337. The van der Waals surface area contributed by atoms with Crippen LogP contribution >= 0.6 is 0 Å². The fourth-order valence-corrected chi connectivity index (χ4v) is 3.43. The van der Waals surface area contributed by atoms with Gasteiger partial charge in [-0.25, -0.2) is 0 Å². The van der Waals surface area contributed by atoms with Gasteiger partial charge in [-0.3, -0.25) is 0 Å². The zero-order chi connectivity index (χ0) is 13.2. The normalized spacial score (nSPS) is 16.4. The van der Waals surface area contributed by atoms with E-state index in [-0.39, 0.29) is 5.41 Å². The smallest absolute Gasteiger partial charge is 0.0153 e. The number of hydrogen-bond acceptors (Lipinski definition) is 0. The lowest BCUT2D eigenvalue weighted by atomic mass is 9.82. The third kappa shape index (κ3) is 1.19. The summed E-state index contributed by atoms with van der Waals surface area (Å²) in [6, 6.07) is 17.6. The van der Waals surface area contributed by atoms with Crippen molar-refractivity contribution in [1.82, 2.24) is 0 Å². The van der Waals surface area contributed by atoms with Crippen molar-refractivity contribution in [1.29, 1.82) is 0 Å². The summed E-state index contributed by atoms with van der Waals surface area (Å²) < 4.78 is 0. The molecule has 0 saturated heterocycles. The zero-order valence-electron chi connectivity index (χ0n) is 11.3. The van der Waals surface area contributed by atoms with E-state index >= 15 is 0 Å². The van der Waals surface area contributed by atoms with Crippen LogP contribution in [-0.2, 0) is 5.41 Å². The van der Waals surface area contributed by atoms with Crippen molar-refractivity contribution in [2.45, 2.75) is 19.3 Å². The molecule has 0 spiro atoms. The van der Waals surface area contributed by atoms with Crippen LogP contribution in [0, 0.1) is 0 Å². The zero-order valence-corrected chi connectivity index (χ0v) is 11.3. The molecule has 3 aromatic carbocycles. The Morgan fingerprint density at radius 2 is 1.63 bits per heavy atom. The molecular formula is C19H16. The van der Waals surface area contributed by atoms with Gasteiger partial charge >= 0.3 is 0 Å². The first-order valence-electron chi connectivity index (χ1n) is 6.75. The second-order valence-electron chi connectivity index (χ2n) is 5.98. The van der Waals surface area contributed by atoms with Crippen molar-refractivity contribution in [3.63, 3.8) is 0 Å². The maximum absolute atomic E-state index is 4.40. The van der Waals surface area contributed by atoms with Gasteiger partial charge in [-0.15, -0.1) is 0 Å². The Balaban J connectivity index is 2.34. The fourth-order valence-electron chi connectivity index (χ4n) is 3.43. The quantitative estimate of drug-likeness (QED) is 0.471. The van der Waals surface area contributed by atoms with Gasteiger partial charge in [-0.05, 0) is 44.3 Å². The Morgan fingerprint density at radius 3 is 2.47 bits per heavy atom. The van der Waals surface area contributed by atoms with E-state index in [0.29, 0.717) is 0 Å². The minimum Gasteiger partial charge on any atom is -0.0943 e. The molecule has 0 nitrogen and oxygen atoms in total. The minimum atomic E-state index is 0.0337. The molecule has 3 aromatic rings. The van der Waals surface area contributed by atoms with Crippen LogP contribution in [0.5, 0.6) is 0 Å². The summed E-state index contributed by atoms with van der Waals surface area (Å²) in [5, 5.41) is 5.37. The molecule has 0 N–H and O–H groups in total. The van der Waals surface area contributed by atoms with E-state index in [1.54, 1.807) is 0 Å². The Bertz CT molecular complexity index is 850. The summed E-state index contributed by atoms with van der Waals surface area (Å²) in [5.74, 6) is 0. The van der Waals surface area contributed by atoms with Crippen LogP contribution in [0.4, 0.5) is 0 Å². The summed E-state index contributed by atoms with van der Waals surface area (Å²) in [7, 11) is 0. The van der Waals surface area contributed by atoms with Crippen molar-refractivity contribution in [3.8, 4) is 0 Å². The molecule has 0 bridgehead atoms. The SMILES string of the molecule is C=C1c2c3ccccc3cc3cccc(c23)C1(C)C. The predicted octanol–water partition coefficient (Wildman–Crippen LogP) is 5.30. The van der Waals surface area contributed by atoms with E-state index < -0.39 is 0 Å². The Morgan fingerprint density at radius 1 is 0.895 bits per heavy atom. The molecule has 0 fully saturated rings. The Labute approximate surface area is 113 Å². The van der Waals surface area contributed by atoms with Crippen LogP contribution in [0.15, 0.2) is 55.1 Å². The third-order valence-corrected chi connectivity index (χ3v) is 4.62. The van der Waals surface area contributed by atoms with Crippen molar-refractivity contribution in [3.05, 3.63) is 66.2 Å². The Hall–Kier alpha value is -2.08. The van der Waals surface area contributed by atoms with Crippen LogP contribution in [0.2, 0.25) is 0 Å². The summed E-state index contributed by atoms with van der Waals surface area (Å²) >= 11 is 0. The van der Waals surface area contributed by atoms with E-state index in [0.717, 1.165) is 0 Å². The lowest BCUT2D eigenvalue weighted by molar-refractivity contribution is 0.714. The number of allylic oxidation sites excluding steroid dienone is 1. The molecule has 0 saturated carbocycles. The number of rotatable bonds is 0. The summed E-state index contributed by atoms with van der Waals surface area (Å²) in [6.45, 7) is 8.95. The molecule has 0 unspecified atom stereocenters. The summed E-state index contributed by atoms with van der Waals surface area (Å²) in [6.07, 6.45) is 0. The lowest BCUT2D eigenvalue weighted by Gasteiger charge is -2.21. The molecule has 0 radical (unpaired) electrons. The Kier molecular flexibility index (Phi) is 1.86. The van der Waals surface area contributed by atoms with Crippen molar-refractivity contribution < 1.29 is 0 Å². The second-order valence-corrected chi connectivity index (χ2v) is 5.98. The maximum atomic E-state index is 4.40. The van der Waals surface area contributed by atoms with Crippen molar-refractivity contribution >= 4 is 27.1 Å². The van der Waals surface area contributed by atoms with Gasteiger partial charge in [0.1, 0.15) is 0 Å². The number of hydrogen-bond donors (Lipinski definition) is 0. The van der Waals surface area contributed by atoms with Gasteiger partial charge in [0, 0.05) is 5.41 Å². The molecule has 19 heavy (non-hydrogen) atoms. The number of fused-ring (bicyclic) bond motifs is 2. The highest BCUT2D eigenvalue weighted by atomic mass is 14.4. The van der Waals surface area contributed by atoms with Crippen LogP contribution in [0.3, 0.4) is 0 Å². The molecule has 4 rings (SSSR count). The molecule has 1 aliphatic rings. The second kappa shape index (κ2) is 3.27. The topological polar surface area (TPSA) is 0 Å². The lowest BCUT2D eigenvalue weighted by Crippen LogP contribution is -2.13. The molecule has 1 aliphatic carbocycles. The van der Waals surface area contributed by atoms with E-state index in [1.165, 1.54) is 38.2 Å². The van der Waals surface area contributed by atoms with Crippen LogP contribution < -0.4 is 0 Å². The molecule has 0 amide bonds. The van der Waals surface area contributed by atoms with Crippen LogP contribution in [0.25, 0.3) is 27.1 Å². The highest BCUT2D eigenvalue weighted by Crippen LogP contribution is 2.51. The van der Waals surface area contributed by atoms with Gasteiger partial charge in [0.15, 0.2) is 0 Å². The predicted molar refractivity (Wildman–Crippen MR) is 83.5 cm³/mol. The molecular weight excluding hydrogens is 228 g/mol. The van der Waals surface area contributed by atoms with E-state index in [1.807, 2.05) is 0 Å². The van der Waals surface area contributed by atoms with Crippen LogP contribution in [0.1, 0.15) is 25.0 Å². The monoisotopic (exact) mass is 244 g/mol. The highest BCUT2D eigenvalue weighted by molar-refractivity contribution is 6.15. The molecule has 0 aliphatic heterocycles. The average Bonchev–Trinajstić information content (AvgIpc) is 2.62. The molecule has 0 heterocycles. The van der Waals surface area contributed by atoms with Gasteiger partial charge < -0.3 is 0 Å². The van der Waals surface area contributed by atoms with Gasteiger partial charge in [-0.1, -0.05) is 62.9 Å². The maximum Gasteiger partial charge on any atom is 0.0153 e. The highest BCUT2D eigenvalue weighted by Gasteiger charge is 2.35. The van der Waals surface area contributed by atoms with Gasteiger partial charge in [0.2, 0.25) is 0 Å². The molecule has 92 valence electrons. The van der Waals surface area contributed by atoms with Gasteiger partial charge in [0.25, 0.3) is 0 Å². The first-order chi connectivity index (χ1) is 9.10.